The molecular formula is C14H17BrN2O5. The standard InChI is InChI=1S/C14H17BrN2O5/c1-3-14(4-2,13(19)20)8-12(18)16-11-6-5-9(17(21)22)7-10(11)15/h5-7H,3-4,8H2,1-2H3,(H,16,18)(H,19,20). The summed E-state index contributed by atoms with van der Waals surface area (Å²) in [5.41, 5.74) is -0.842. The Labute approximate surface area is 136 Å². The van der Waals surface area contributed by atoms with Crippen molar-refractivity contribution in [2.75, 3.05) is 5.32 Å². The minimum absolute atomic E-state index is 0.105. The molecule has 8 heteroatoms. The van der Waals surface area contributed by atoms with Crippen LogP contribution in [0.1, 0.15) is 33.1 Å². The molecule has 2 N–H and O–H groups in total. The summed E-state index contributed by atoms with van der Waals surface area (Å²) in [6.45, 7) is 3.46. The van der Waals surface area contributed by atoms with E-state index in [1.807, 2.05) is 0 Å². The Bertz CT molecular complexity index is 599. The highest BCUT2D eigenvalue weighted by Gasteiger charge is 2.37. The zero-order valence-corrected chi connectivity index (χ0v) is 13.8. The number of non-ortho nitro benzene ring substituents is 1. The smallest absolute Gasteiger partial charge is 0.310 e. The van der Waals surface area contributed by atoms with Crippen LogP contribution in [0.25, 0.3) is 0 Å². The van der Waals surface area contributed by atoms with Gasteiger partial charge in [0.05, 0.1) is 16.0 Å². The average molecular weight is 373 g/mol. The van der Waals surface area contributed by atoms with Crippen molar-refractivity contribution in [2.45, 2.75) is 33.1 Å². The summed E-state index contributed by atoms with van der Waals surface area (Å²) in [4.78, 5) is 33.6. The molecule has 1 aromatic rings. The van der Waals surface area contributed by atoms with Crippen LogP contribution in [0.15, 0.2) is 22.7 Å². The summed E-state index contributed by atoms with van der Waals surface area (Å²) in [5.74, 6) is -1.45. The van der Waals surface area contributed by atoms with Gasteiger partial charge in [-0.15, -0.1) is 0 Å². The SMILES string of the molecule is CCC(CC)(CC(=O)Nc1ccc([N+](=O)[O-])cc1Br)C(=O)O. The number of carboxylic acids is 1. The summed E-state index contributed by atoms with van der Waals surface area (Å²) in [5, 5.41) is 22.6. The molecular weight excluding hydrogens is 356 g/mol. The molecule has 0 heterocycles. The Kier molecular flexibility index (Phi) is 6.04. The lowest BCUT2D eigenvalue weighted by atomic mass is 9.79. The third kappa shape index (κ3) is 4.03. The van der Waals surface area contributed by atoms with Gasteiger partial charge in [0, 0.05) is 23.0 Å². The number of rotatable bonds is 7. The van der Waals surface area contributed by atoms with E-state index in [9.17, 15) is 24.8 Å². The molecule has 1 rings (SSSR count). The van der Waals surface area contributed by atoms with Crippen LogP contribution >= 0.6 is 15.9 Å². The van der Waals surface area contributed by atoms with Gasteiger partial charge in [-0.25, -0.2) is 0 Å². The minimum atomic E-state index is -1.10. The fraction of sp³-hybridized carbons (Fsp3) is 0.429. The second kappa shape index (κ2) is 7.35. The maximum atomic E-state index is 12.1. The van der Waals surface area contributed by atoms with E-state index in [0.29, 0.717) is 23.0 Å². The number of nitrogens with zero attached hydrogens (tertiary/aromatic N) is 1. The molecule has 1 aromatic carbocycles. The first-order valence-electron chi connectivity index (χ1n) is 6.73. The van der Waals surface area contributed by atoms with Gasteiger partial charge in [-0.2, -0.15) is 0 Å². The Hall–Kier alpha value is -1.96. The van der Waals surface area contributed by atoms with E-state index in [0.717, 1.165) is 0 Å². The molecule has 0 spiro atoms. The van der Waals surface area contributed by atoms with Gasteiger partial charge < -0.3 is 10.4 Å². The summed E-state index contributed by atoms with van der Waals surface area (Å²) in [7, 11) is 0. The van der Waals surface area contributed by atoms with E-state index in [1.165, 1.54) is 18.2 Å². The van der Waals surface area contributed by atoms with Crippen LogP contribution < -0.4 is 5.32 Å². The quantitative estimate of drug-likeness (QED) is 0.561. The van der Waals surface area contributed by atoms with E-state index < -0.39 is 22.2 Å². The third-order valence-corrected chi connectivity index (χ3v) is 4.40. The zero-order valence-electron chi connectivity index (χ0n) is 12.3. The molecule has 7 nitrogen and oxygen atoms in total. The van der Waals surface area contributed by atoms with Gasteiger partial charge in [-0.1, -0.05) is 13.8 Å². The van der Waals surface area contributed by atoms with Crippen molar-refractivity contribution in [3.8, 4) is 0 Å². The molecule has 22 heavy (non-hydrogen) atoms. The third-order valence-electron chi connectivity index (χ3n) is 3.74. The van der Waals surface area contributed by atoms with Crippen molar-refractivity contribution >= 4 is 39.2 Å². The van der Waals surface area contributed by atoms with E-state index in [4.69, 9.17) is 0 Å². The van der Waals surface area contributed by atoms with Crippen molar-refractivity contribution < 1.29 is 19.6 Å². The number of anilines is 1. The molecule has 0 aliphatic carbocycles. The Balaban J connectivity index is 2.89. The van der Waals surface area contributed by atoms with Gasteiger partial charge in [-0.3, -0.25) is 19.7 Å². The van der Waals surface area contributed by atoms with Crippen LogP contribution in [0.3, 0.4) is 0 Å². The topological polar surface area (TPSA) is 110 Å². The maximum Gasteiger partial charge on any atom is 0.310 e. The molecule has 0 saturated heterocycles. The first-order valence-corrected chi connectivity index (χ1v) is 7.52. The molecule has 0 aliphatic rings. The largest absolute Gasteiger partial charge is 0.481 e. The van der Waals surface area contributed by atoms with E-state index >= 15 is 0 Å². The number of aliphatic carboxylic acids is 1. The monoisotopic (exact) mass is 372 g/mol. The van der Waals surface area contributed by atoms with Crippen molar-refractivity contribution in [3.63, 3.8) is 0 Å². The van der Waals surface area contributed by atoms with E-state index in [1.54, 1.807) is 13.8 Å². The molecule has 120 valence electrons. The number of amides is 1. The van der Waals surface area contributed by atoms with Gasteiger partial charge >= 0.3 is 5.97 Å². The summed E-state index contributed by atoms with van der Waals surface area (Å²) < 4.78 is 0.365. The van der Waals surface area contributed by atoms with Crippen molar-refractivity contribution in [1.82, 2.24) is 0 Å². The predicted molar refractivity (Wildman–Crippen MR) is 84.7 cm³/mol. The van der Waals surface area contributed by atoms with Crippen molar-refractivity contribution in [1.29, 1.82) is 0 Å². The van der Waals surface area contributed by atoms with Crippen LogP contribution in [0.2, 0.25) is 0 Å². The van der Waals surface area contributed by atoms with E-state index in [-0.39, 0.29) is 12.1 Å². The molecule has 0 saturated carbocycles. The average Bonchev–Trinajstić information content (AvgIpc) is 2.46. The fourth-order valence-corrected chi connectivity index (χ4v) is 2.56. The summed E-state index contributed by atoms with van der Waals surface area (Å²) in [6, 6.07) is 3.95. The van der Waals surface area contributed by atoms with Gasteiger partial charge in [-0.05, 0) is 34.8 Å². The number of benzene rings is 1. The van der Waals surface area contributed by atoms with E-state index in [2.05, 4.69) is 21.2 Å². The number of carbonyl (C=O) groups excluding carboxylic acids is 1. The Morgan fingerprint density at radius 3 is 2.36 bits per heavy atom. The van der Waals surface area contributed by atoms with Gasteiger partial charge in [0.2, 0.25) is 5.91 Å². The molecule has 0 atom stereocenters. The Morgan fingerprint density at radius 2 is 1.95 bits per heavy atom. The zero-order chi connectivity index (χ0) is 16.9. The lowest BCUT2D eigenvalue weighted by Crippen LogP contribution is -2.34. The number of halogens is 1. The maximum absolute atomic E-state index is 12.1. The van der Waals surface area contributed by atoms with Crippen LogP contribution in [0, 0.1) is 15.5 Å². The van der Waals surface area contributed by atoms with Crippen molar-refractivity contribution in [3.05, 3.63) is 32.8 Å². The first-order chi connectivity index (χ1) is 10.3. The molecule has 0 bridgehead atoms. The van der Waals surface area contributed by atoms with Gasteiger partial charge in [0.15, 0.2) is 0 Å². The summed E-state index contributed by atoms with van der Waals surface area (Å²) in [6.07, 6.45) is 0.528. The molecule has 1 amide bonds. The number of nitrogens with one attached hydrogen (secondary N) is 1. The molecule has 0 radical (unpaired) electrons. The molecule has 0 aromatic heterocycles. The highest BCUT2D eigenvalue weighted by Crippen LogP contribution is 2.32. The first kappa shape index (κ1) is 18.1. The Morgan fingerprint density at radius 1 is 1.36 bits per heavy atom. The highest BCUT2D eigenvalue weighted by atomic mass is 79.9. The number of hydrogen-bond donors (Lipinski definition) is 2. The minimum Gasteiger partial charge on any atom is -0.481 e. The number of nitro groups is 1. The number of carboxylic acid groups (broad SMARTS) is 1. The molecule has 0 aliphatic heterocycles. The number of hydrogen-bond acceptors (Lipinski definition) is 4. The van der Waals surface area contributed by atoms with Crippen LogP contribution in [-0.4, -0.2) is 21.9 Å². The van der Waals surface area contributed by atoms with Crippen molar-refractivity contribution in [2.24, 2.45) is 5.41 Å². The van der Waals surface area contributed by atoms with Gasteiger partial charge in [0.1, 0.15) is 0 Å². The highest BCUT2D eigenvalue weighted by molar-refractivity contribution is 9.10. The normalized spacial score (nSPS) is 11.0. The van der Waals surface area contributed by atoms with Crippen LogP contribution in [-0.2, 0) is 9.59 Å². The number of carbonyl (C=O) groups is 2. The lowest BCUT2D eigenvalue weighted by molar-refractivity contribution is -0.384. The fourth-order valence-electron chi connectivity index (χ4n) is 2.10. The predicted octanol–water partition coefficient (Wildman–Crippen LogP) is 3.58. The van der Waals surface area contributed by atoms with Crippen LogP contribution in [0.5, 0.6) is 0 Å². The second-order valence-corrected chi connectivity index (χ2v) is 5.79. The van der Waals surface area contributed by atoms with Crippen LogP contribution in [0.4, 0.5) is 11.4 Å². The second-order valence-electron chi connectivity index (χ2n) is 4.94. The molecule has 0 fully saturated rings. The molecule has 0 unspecified atom stereocenters. The lowest BCUT2D eigenvalue weighted by Gasteiger charge is -2.25. The number of nitro benzene ring substituents is 1. The summed E-state index contributed by atoms with van der Waals surface area (Å²) >= 11 is 3.15. The van der Waals surface area contributed by atoms with Gasteiger partial charge in [0.25, 0.3) is 5.69 Å².